The number of hydrogen-bond acceptors (Lipinski definition) is 3. The van der Waals surface area contributed by atoms with Crippen LogP contribution in [0.1, 0.15) is 38.9 Å². The van der Waals surface area contributed by atoms with Crippen molar-refractivity contribution in [2.75, 3.05) is 20.3 Å². The Morgan fingerprint density at radius 2 is 2.22 bits per heavy atom. The SMILES string of the molecule is CCNC(CC(C)C)c1c(Cl)cnn1CCOC. The first-order valence-corrected chi connectivity index (χ1v) is 6.91. The molecule has 1 aromatic rings. The summed E-state index contributed by atoms with van der Waals surface area (Å²) in [5.74, 6) is 0.607. The van der Waals surface area contributed by atoms with E-state index < -0.39 is 0 Å². The Bertz CT molecular complexity index is 352. The van der Waals surface area contributed by atoms with Crippen LogP contribution in [-0.2, 0) is 11.3 Å². The average molecular weight is 274 g/mol. The lowest BCUT2D eigenvalue weighted by Crippen LogP contribution is -2.26. The largest absolute Gasteiger partial charge is 0.383 e. The van der Waals surface area contributed by atoms with E-state index in [-0.39, 0.29) is 6.04 Å². The van der Waals surface area contributed by atoms with Crippen molar-refractivity contribution in [2.24, 2.45) is 5.92 Å². The van der Waals surface area contributed by atoms with E-state index in [9.17, 15) is 0 Å². The van der Waals surface area contributed by atoms with Crippen molar-refractivity contribution >= 4 is 11.6 Å². The zero-order chi connectivity index (χ0) is 13.5. The summed E-state index contributed by atoms with van der Waals surface area (Å²) in [6, 6.07) is 0.252. The number of rotatable bonds is 8. The molecule has 0 bridgehead atoms. The van der Waals surface area contributed by atoms with Crippen molar-refractivity contribution in [2.45, 2.75) is 39.8 Å². The maximum atomic E-state index is 6.27. The van der Waals surface area contributed by atoms with Gasteiger partial charge in [-0.3, -0.25) is 4.68 Å². The summed E-state index contributed by atoms with van der Waals surface area (Å²) in [6.07, 6.45) is 2.77. The molecule has 1 N–H and O–H groups in total. The molecule has 1 aromatic heterocycles. The highest BCUT2D eigenvalue weighted by Crippen LogP contribution is 2.27. The molecule has 0 saturated carbocycles. The quantitative estimate of drug-likeness (QED) is 0.792. The Labute approximate surface area is 115 Å². The van der Waals surface area contributed by atoms with Crippen LogP contribution in [0, 0.1) is 5.92 Å². The van der Waals surface area contributed by atoms with Crippen LogP contribution >= 0.6 is 11.6 Å². The molecule has 5 heteroatoms. The zero-order valence-electron chi connectivity index (χ0n) is 11.7. The van der Waals surface area contributed by atoms with E-state index in [4.69, 9.17) is 16.3 Å². The predicted molar refractivity (Wildman–Crippen MR) is 75.0 cm³/mol. The molecule has 18 heavy (non-hydrogen) atoms. The van der Waals surface area contributed by atoms with Crippen LogP contribution in [0.5, 0.6) is 0 Å². The predicted octanol–water partition coefficient (Wildman–Crippen LogP) is 2.88. The van der Waals surface area contributed by atoms with Gasteiger partial charge in [0.25, 0.3) is 0 Å². The van der Waals surface area contributed by atoms with Gasteiger partial charge in [-0.05, 0) is 18.9 Å². The van der Waals surface area contributed by atoms with Gasteiger partial charge in [0, 0.05) is 7.11 Å². The molecule has 0 spiro atoms. The van der Waals surface area contributed by atoms with Crippen molar-refractivity contribution in [1.29, 1.82) is 0 Å². The zero-order valence-corrected chi connectivity index (χ0v) is 12.5. The number of methoxy groups -OCH3 is 1. The maximum Gasteiger partial charge on any atom is 0.0834 e. The molecule has 0 radical (unpaired) electrons. The van der Waals surface area contributed by atoms with Crippen molar-refractivity contribution in [1.82, 2.24) is 15.1 Å². The molecule has 4 nitrogen and oxygen atoms in total. The minimum absolute atomic E-state index is 0.252. The van der Waals surface area contributed by atoms with Crippen molar-refractivity contribution in [3.63, 3.8) is 0 Å². The number of aromatic nitrogens is 2. The third kappa shape index (κ3) is 4.26. The summed E-state index contributed by atoms with van der Waals surface area (Å²) >= 11 is 6.27. The molecule has 0 aliphatic carbocycles. The van der Waals surface area contributed by atoms with Crippen LogP contribution in [0.2, 0.25) is 5.02 Å². The highest BCUT2D eigenvalue weighted by Gasteiger charge is 2.20. The lowest BCUT2D eigenvalue weighted by molar-refractivity contribution is 0.181. The normalized spacial score (nSPS) is 13.2. The topological polar surface area (TPSA) is 39.1 Å². The van der Waals surface area contributed by atoms with Gasteiger partial charge in [-0.1, -0.05) is 32.4 Å². The van der Waals surface area contributed by atoms with Crippen LogP contribution in [0.3, 0.4) is 0 Å². The average Bonchev–Trinajstić information content (AvgIpc) is 2.66. The molecular formula is C13H24ClN3O. The molecule has 1 atom stereocenters. The second kappa shape index (κ2) is 7.77. The Morgan fingerprint density at radius 1 is 1.50 bits per heavy atom. The Balaban J connectivity index is 2.90. The third-order valence-corrected chi connectivity index (χ3v) is 3.12. The van der Waals surface area contributed by atoms with Crippen LogP contribution in [-0.4, -0.2) is 30.0 Å². The highest BCUT2D eigenvalue weighted by molar-refractivity contribution is 6.31. The van der Waals surface area contributed by atoms with Crippen LogP contribution in [0.15, 0.2) is 6.20 Å². The van der Waals surface area contributed by atoms with E-state index in [0.717, 1.165) is 30.2 Å². The Morgan fingerprint density at radius 3 is 2.78 bits per heavy atom. The summed E-state index contributed by atoms with van der Waals surface area (Å²) in [4.78, 5) is 0. The van der Waals surface area contributed by atoms with E-state index in [1.54, 1.807) is 13.3 Å². The van der Waals surface area contributed by atoms with E-state index >= 15 is 0 Å². The molecule has 1 rings (SSSR count). The Hall–Kier alpha value is -0.580. The molecule has 0 aromatic carbocycles. The number of nitrogens with zero attached hydrogens (tertiary/aromatic N) is 2. The van der Waals surface area contributed by atoms with E-state index in [1.807, 2.05) is 4.68 Å². The minimum Gasteiger partial charge on any atom is -0.383 e. The fraction of sp³-hybridized carbons (Fsp3) is 0.769. The maximum absolute atomic E-state index is 6.27. The van der Waals surface area contributed by atoms with Crippen molar-refractivity contribution < 1.29 is 4.74 Å². The minimum atomic E-state index is 0.252. The Kier molecular flexibility index (Phi) is 6.68. The molecule has 104 valence electrons. The van der Waals surface area contributed by atoms with E-state index in [0.29, 0.717) is 12.5 Å². The molecule has 0 amide bonds. The van der Waals surface area contributed by atoms with Gasteiger partial charge in [0.1, 0.15) is 0 Å². The lowest BCUT2D eigenvalue weighted by atomic mass is 10.0. The summed E-state index contributed by atoms with van der Waals surface area (Å²) in [5.41, 5.74) is 1.07. The molecule has 0 saturated heterocycles. The molecule has 0 fully saturated rings. The fourth-order valence-electron chi connectivity index (χ4n) is 2.08. The smallest absolute Gasteiger partial charge is 0.0834 e. The second-order valence-corrected chi connectivity index (χ2v) is 5.24. The van der Waals surface area contributed by atoms with Gasteiger partial charge in [0.15, 0.2) is 0 Å². The number of nitrogens with one attached hydrogen (secondary N) is 1. The summed E-state index contributed by atoms with van der Waals surface area (Å²) < 4.78 is 7.05. The van der Waals surface area contributed by atoms with Crippen LogP contribution < -0.4 is 5.32 Å². The molecule has 0 aliphatic heterocycles. The number of halogens is 1. The first kappa shape index (κ1) is 15.5. The van der Waals surface area contributed by atoms with Crippen LogP contribution in [0.4, 0.5) is 0 Å². The summed E-state index contributed by atoms with van der Waals surface area (Å²) in [7, 11) is 1.70. The van der Waals surface area contributed by atoms with Gasteiger partial charge in [-0.2, -0.15) is 5.10 Å². The summed E-state index contributed by atoms with van der Waals surface area (Å²) in [5, 5.41) is 8.55. The third-order valence-electron chi connectivity index (χ3n) is 2.83. The molecule has 1 unspecified atom stereocenters. The second-order valence-electron chi connectivity index (χ2n) is 4.83. The summed E-state index contributed by atoms with van der Waals surface area (Å²) in [6.45, 7) is 8.84. The van der Waals surface area contributed by atoms with Gasteiger partial charge in [0.2, 0.25) is 0 Å². The van der Waals surface area contributed by atoms with Gasteiger partial charge in [-0.25, -0.2) is 0 Å². The molecule has 0 aliphatic rings. The first-order valence-electron chi connectivity index (χ1n) is 6.53. The lowest BCUT2D eigenvalue weighted by Gasteiger charge is -2.21. The van der Waals surface area contributed by atoms with Crippen LogP contribution in [0.25, 0.3) is 0 Å². The van der Waals surface area contributed by atoms with Crippen molar-refractivity contribution in [3.8, 4) is 0 Å². The molecular weight excluding hydrogens is 250 g/mol. The fourth-order valence-corrected chi connectivity index (χ4v) is 2.36. The van der Waals surface area contributed by atoms with E-state index in [2.05, 4.69) is 31.2 Å². The highest BCUT2D eigenvalue weighted by atomic mass is 35.5. The van der Waals surface area contributed by atoms with Gasteiger partial charge in [0.05, 0.1) is 36.1 Å². The number of hydrogen-bond donors (Lipinski definition) is 1. The number of ether oxygens (including phenoxy) is 1. The van der Waals surface area contributed by atoms with E-state index in [1.165, 1.54) is 0 Å². The van der Waals surface area contributed by atoms with Crippen molar-refractivity contribution in [3.05, 3.63) is 16.9 Å². The van der Waals surface area contributed by atoms with Gasteiger partial charge < -0.3 is 10.1 Å². The first-order chi connectivity index (χ1) is 8.60. The molecule has 1 heterocycles. The van der Waals surface area contributed by atoms with Gasteiger partial charge in [-0.15, -0.1) is 0 Å². The van der Waals surface area contributed by atoms with Gasteiger partial charge >= 0.3 is 0 Å². The standard InChI is InChI=1S/C13H24ClN3O/c1-5-15-12(8-10(2)3)13-11(14)9-16-17(13)6-7-18-4/h9-10,12,15H,5-8H2,1-4H3. The monoisotopic (exact) mass is 273 g/mol.